The largest absolute Gasteiger partial charge is 0.354 e. The van der Waals surface area contributed by atoms with Gasteiger partial charge < -0.3 is 10.6 Å². The number of nitrogens with zero attached hydrogens (tertiary/aromatic N) is 1. The van der Waals surface area contributed by atoms with Gasteiger partial charge in [-0.3, -0.25) is 9.78 Å². The van der Waals surface area contributed by atoms with Crippen molar-refractivity contribution in [1.29, 1.82) is 0 Å². The minimum Gasteiger partial charge on any atom is -0.354 e. The molecule has 122 valence electrons. The van der Waals surface area contributed by atoms with Crippen molar-refractivity contribution in [2.45, 2.75) is 39.5 Å². The SMILES string of the molecule is CCCCNC(=O)c1cncc(Nc2ccccc2C(C)C)c1. The number of para-hydroxylation sites is 1. The smallest absolute Gasteiger partial charge is 0.252 e. The van der Waals surface area contributed by atoms with Crippen molar-refractivity contribution in [3.8, 4) is 0 Å². The van der Waals surface area contributed by atoms with Crippen LogP contribution in [-0.4, -0.2) is 17.4 Å². The molecule has 2 rings (SSSR count). The first-order chi connectivity index (χ1) is 11.1. The molecule has 0 radical (unpaired) electrons. The maximum atomic E-state index is 12.1. The fourth-order valence-corrected chi connectivity index (χ4v) is 2.38. The lowest BCUT2D eigenvalue weighted by Crippen LogP contribution is -2.24. The number of carbonyl (C=O) groups is 1. The van der Waals surface area contributed by atoms with Gasteiger partial charge in [0, 0.05) is 18.4 Å². The molecule has 2 aromatic rings. The zero-order valence-corrected chi connectivity index (χ0v) is 14.1. The van der Waals surface area contributed by atoms with Crippen LogP contribution in [0.5, 0.6) is 0 Å². The van der Waals surface area contributed by atoms with Crippen LogP contribution in [0.15, 0.2) is 42.7 Å². The molecular formula is C19H25N3O. The molecule has 0 unspecified atom stereocenters. The molecule has 0 aliphatic heterocycles. The summed E-state index contributed by atoms with van der Waals surface area (Å²) in [5.41, 5.74) is 3.69. The van der Waals surface area contributed by atoms with Gasteiger partial charge in [0.15, 0.2) is 0 Å². The van der Waals surface area contributed by atoms with Crippen LogP contribution in [0.1, 0.15) is 55.5 Å². The highest BCUT2D eigenvalue weighted by atomic mass is 16.1. The van der Waals surface area contributed by atoms with E-state index >= 15 is 0 Å². The van der Waals surface area contributed by atoms with Crippen LogP contribution >= 0.6 is 0 Å². The molecule has 4 heteroatoms. The van der Waals surface area contributed by atoms with Gasteiger partial charge in [0.1, 0.15) is 0 Å². The minimum atomic E-state index is -0.0771. The summed E-state index contributed by atoms with van der Waals surface area (Å²) in [5.74, 6) is 0.346. The summed E-state index contributed by atoms with van der Waals surface area (Å²) in [6.07, 6.45) is 5.38. The van der Waals surface area contributed by atoms with Gasteiger partial charge in [-0.05, 0) is 30.0 Å². The number of carbonyl (C=O) groups excluding carboxylic acids is 1. The number of hydrogen-bond donors (Lipinski definition) is 2. The Balaban J connectivity index is 2.13. The molecule has 1 amide bonds. The summed E-state index contributed by atoms with van der Waals surface area (Å²) in [5, 5.41) is 6.29. The first-order valence-corrected chi connectivity index (χ1v) is 8.21. The van der Waals surface area contributed by atoms with Gasteiger partial charge >= 0.3 is 0 Å². The van der Waals surface area contributed by atoms with Crippen molar-refractivity contribution in [2.75, 3.05) is 11.9 Å². The molecular weight excluding hydrogens is 286 g/mol. The van der Waals surface area contributed by atoms with E-state index < -0.39 is 0 Å². The third-order valence-electron chi connectivity index (χ3n) is 3.68. The van der Waals surface area contributed by atoms with E-state index in [1.54, 1.807) is 12.4 Å². The summed E-state index contributed by atoms with van der Waals surface area (Å²) >= 11 is 0. The Kier molecular flexibility index (Phi) is 6.15. The van der Waals surface area contributed by atoms with Gasteiger partial charge in [-0.25, -0.2) is 0 Å². The van der Waals surface area contributed by atoms with Crippen molar-refractivity contribution in [3.63, 3.8) is 0 Å². The molecule has 0 bridgehead atoms. The van der Waals surface area contributed by atoms with Crippen LogP contribution in [-0.2, 0) is 0 Å². The number of anilines is 2. The number of amides is 1. The van der Waals surface area contributed by atoms with Crippen molar-refractivity contribution in [2.24, 2.45) is 0 Å². The highest BCUT2D eigenvalue weighted by Crippen LogP contribution is 2.26. The second-order valence-corrected chi connectivity index (χ2v) is 5.94. The monoisotopic (exact) mass is 311 g/mol. The number of aromatic nitrogens is 1. The van der Waals surface area contributed by atoms with Gasteiger partial charge in [0.2, 0.25) is 0 Å². The quantitative estimate of drug-likeness (QED) is 0.741. The summed E-state index contributed by atoms with van der Waals surface area (Å²) in [6.45, 7) is 7.13. The fraction of sp³-hybridized carbons (Fsp3) is 0.368. The maximum absolute atomic E-state index is 12.1. The van der Waals surface area contributed by atoms with Gasteiger partial charge in [0.05, 0.1) is 17.4 Å². The molecule has 0 saturated carbocycles. The van der Waals surface area contributed by atoms with E-state index in [0.29, 0.717) is 18.0 Å². The Bertz CT molecular complexity index is 653. The molecule has 1 aromatic carbocycles. The Morgan fingerprint density at radius 2 is 2.00 bits per heavy atom. The molecule has 4 nitrogen and oxygen atoms in total. The molecule has 0 atom stereocenters. The number of hydrogen-bond acceptors (Lipinski definition) is 3. The van der Waals surface area contributed by atoms with E-state index in [-0.39, 0.29) is 5.91 Å². The molecule has 0 saturated heterocycles. The first-order valence-electron chi connectivity index (χ1n) is 8.21. The molecule has 0 fully saturated rings. The van der Waals surface area contributed by atoms with E-state index in [9.17, 15) is 4.79 Å². The van der Waals surface area contributed by atoms with Crippen LogP contribution in [0.25, 0.3) is 0 Å². The van der Waals surface area contributed by atoms with E-state index in [0.717, 1.165) is 24.2 Å². The van der Waals surface area contributed by atoms with Crippen LogP contribution in [0.3, 0.4) is 0 Å². The lowest BCUT2D eigenvalue weighted by Gasteiger charge is -2.14. The van der Waals surface area contributed by atoms with Gasteiger partial charge in [-0.2, -0.15) is 0 Å². The minimum absolute atomic E-state index is 0.0771. The van der Waals surface area contributed by atoms with E-state index in [1.807, 2.05) is 24.3 Å². The van der Waals surface area contributed by atoms with Crippen molar-refractivity contribution in [3.05, 3.63) is 53.9 Å². The van der Waals surface area contributed by atoms with Gasteiger partial charge in [0.25, 0.3) is 5.91 Å². The second kappa shape index (κ2) is 8.32. The Morgan fingerprint density at radius 3 is 2.74 bits per heavy atom. The lowest BCUT2D eigenvalue weighted by atomic mass is 10.0. The standard InChI is InChI=1S/C19H25N3O/c1-4-5-10-21-19(23)15-11-16(13-20-12-15)22-18-9-7-6-8-17(18)14(2)3/h6-9,11-14,22H,4-5,10H2,1-3H3,(H,21,23). The molecule has 0 aliphatic carbocycles. The topological polar surface area (TPSA) is 54.0 Å². The summed E-state index contributed by atoms with van der Waals surface area (Å²) < 4.78 is 0. The molecule has 0 spiro atoms. The Hall–Kier alpha value is -2.36. The molecule has 0 aliphatic rings. The fourth-order valence-electron chi connectivity index (χ4n) is 2.38. The van der Waals surface area contributed by atoms with Crippen molar-refractivity contribution < 1.29 is 4.79 Å². The van der Waals surface area contributed by atoms with Gasteiger partial charge in [-0.1, -0.05) is 45.4 Å². The Labute approximate surface area is 138 Å². The number of benzene rings is 1. The first kappa shape index (κ1) is 17.0. The number of rotatable bonds is 7. The second-order valence-electron chi connectivity index (χ2n) is 5.94. The normalized spacial score (nSPS) is 10.6. The highest BCUT2D eigenvalue weighted by Gasteiger charge is 2.09. The van der Waals surface area contributed by atoms with Crippen molar-refractivity contribution >= 4 is 17.3 Å². The molecule has 2 N–H and O–H groups in total. The lowest BCUT2D eigenvalue weighted by molar-refractivity contribution is 0.0953. The third-order valence-corrected chi connectivity index (χ3v) is 3.68. The third kappa shape index (κ3) is 4.81. The number of nitrogens with one attached hydrogen (secondary N) is 2. The predicted octanol–water partition coefficient (Wildman–Crippen LogP) is 4.48. The average Bonchev–Trinajstić information content (AvgIpc) is 2.55. The zero-order valence-electron chi connectivity index (χ0n) is 14.1. The van der Waals surface area contributed by atoms with Crippen LogP contribution in [0, 0.1) is 0 Å². The van der Waals surface area contributed by atoms with E-state index in [4.69, 9.17) is 0 Å². The summed E-state index contributed by atoms with van der Waals surface area (Å²) in [4.78, 5) is 16.3. The Morgan fingerprint density at radius 1 is 1.22 bits per heavy atom. The highest BCUT2D eigenvalue weighted by molar-refractivity contribution is 5.94. The summed E-state index contributed by atoms with van der Waals surface area (Å²) in [7, 11) is 0. The predicted molar refractivity (Wildman–Crippen MR) is 95.3 cm³/mol. The van der Waals surface area contributed by atoms with Crippen LogP contribution < -0.4 is 10.6 Å². The van der Waals surface area contributed by atoms with Crippen molar-refractivity contribution in [1.82, 2.24) is 10.3 Å². The molecule has 23 heavy (non-hydrogen) atoms. The average molecular weight is 311 g/mol. The zero-order chi connectivity index (χ0) is 16.7. The van der Waals surface area contributed by atoms with Gasteiger partial charge in [-0.15, -0.1) is 0 Å². The molecule has 1 aromatic heterocycles. The molecule has 1 heterocycles. The van der Waals surface area contributed by atoms with E-state index in [2.05, 4.69) is 42.5 Å². The summed E-state index contributed by atoms with van der Waals surface area (Å²) in [6, 6.07) is 10.0. The maximum Gasteiger partial charge on any atom is 0.252 e. The number of unbranched alkanes of at least 4 members (excludes halogenated alkanes) is 1. The van der Waals surface area contributed by atoms with Crippen LogP contribution in [0.4, 0.5) is 11.4 Å². The van der Waals surface area contributed by atoms with Crippen LogP contribution in [0.2, 0.25) is 0 Å². The number of pyridine rings is 1. The van der Waals surface area contributed by atoms with E-state index in [1.165, 1.54) is 5.56 Å².